The molecule has 0 aliphatic carbocycles. The van der Waals surface area contributed by atoms with Crippen LogP contribution in [0.1, 0.15) is 20.8 Å². The number of rotatable bonds is 7. The minimum absolute atomic E-state index is 0.302. The van der Waals surface area contributed by atoms with Gasteiger partial charge in [-0.3, -0.25) is 4.79 Å². The summed E-state index contributed by atoms with van der Waals surface area (Å²) in [6.45, 7) is 2.84. The number of ether oxygens (including phenoxy) is 1. The Kier molecular flexibility index (Phi) is 5.40. The lowest BCUT2D eigenvalue weighted by molar-refractivity contribution is 0.112. The van der Waals surface area contributed by atoms with Gasteiger partial charge in [-0.1, -0.05) is 29.8 Å². The Balaban J connectivity index is 1.73. The fourth-order valence-corrected chi connectivity index (χ4v) is 3.16. The number of aryl methyl sites for hydroxylation is 1. The molecule has 5 nitrogen and oxygen atoms in total. The zero-order valence-corrected chi connectivity index (χ0v) is 15.0. The van der Waals surface area contributed by atoms with Crippen LogP contribution in [-0.2, 0) is 6.42 Å². The first kappa shape index (κ1) is 17.1. The molecule has 0 atom stereocenters. The minimum atomic E-state index is 0.302. The van der Waals surface area contributed by atoms with Crippen molar-refractivity contribution in [3.8, 4) is 16.6 Å². The molecule has 3 rings (SSSR count). The number of carbonyl (C=O) groups is 1. The van der Waals surface area contributed by atoms with Crippen molar-refractivity contribution < 1.29 is 9.53 Å². The lowest BCUT2D eigenvalue weighted by atomic mass is 10.1. The van der Waals surface area contributed by atoms with Crippen LogP contribution in [0.5, 0.6) is 6.01 Å². The van der Waals surface area contributed by atoms with E-state index in [-0.39, 0.29) is 0 Å². The van der Waals surface area contributed by atoms with Gasteiger partial charge in [0.25, 0.3) is 0 Å². The SMILES string of the molecule is COc1nc(NCCc2ccc(C)cc2)cc(-c2ccc(C=O)s2)n1. The largest absolute Gasteiger partial charge is 0.467 e. The minimum Gasteiger partial charge on any atom is -0.467 e. The van der Waals surface area contributed by atoms with E-state index in [1.165, 1.54) is 22.5 Å². The summed E-state index contributed by atoms with van der Waals surface area (Å²) in [5.74, 6) is 0.704. The summed E-state index contributed by atoms with van der Waals surface area (Å²) in [6, 6.07) is 14.3. The summed E-state index contributed by atoms with van der Waals surface area (Å²) in [6.07, 6.45) is 1.74. The molecule has 0 unspecified atom stereocenters. The molecule has 1 N–H and O–H groups in total. The molecule has 1 aromatic carbocycles. The molecule has 0 aliphatic rings. The van der Waals surface area contributed by atoms with Crippen molar-refractivity contribution >= 4 is 23.4 Å². The number of aldehydes is 1. The van der Waals surface area contributed by atoms with Crippen molar-refractivity contribution in [1.82, 2.24) is 9.97 Å². The molecule has 0 bridgehead atoms. The van der Waals surface area contributed by atoms with E-state index >= 15 is 0 Å². The fourth-order valence-electron chi connectivity index (χ4n) is 2.38. The Morgan fingerprint density at radius 3 is 2.64 bits per heavy atom. The molecule has 25 heavy (non-hydrogen) atoms. The van der Waals surface area contributed by atoms with Gasteiger partial charge in [-0.05, 0) is 31.0 Å². The van der Waals surface area contributed by atoms with Gasteiger partial charge in [-0.2, -0.15) is 9.97 Å². The van der Waals surface area contributed by atoms with Crippen molar-refractivity contribution in [2.45, 2.75) is 13.3 Å². The van der Waals surface area contributed by atoms with Crippen LogP contribution in [0, 0.1) is 6.92 Å². The smallest absolute Gasteiger partial charge is 0.318 e. The number of hydrogen-bond acceptors (Lipinski definition) is 6. The average Bonchev–Trinajstić information content (AvgIpc) is 3.12. The van der Waals surface area contributed by atoms with Gasteiger partial charge >= 0.3 is 6.01 Å². The number of nitrogens with one attached hydrogen (secondary N) is 1. The van der Waals surface area contributed by atoms with Gasteiger partial charge in [0, 0.05) is 12.6 Å². The molecule has 0 saturated carbocycles. The molecule has 3 aromatic rings. The second-order valence-corrected chi connectivity index (χ2v) is 6.72. The Labute approximate surface area is 150 Å². The summed E-state index contributed by atoms with van der Waals surface area (Å²) in [7, 11) is 1.54. The van der Waals surface area contributed by atoms with Crippen LogP contribution in [0.3, 0.4) is 0 Å². The van der Waals surface area contributed by atoms with E-state index in [0.717, 1.165) is 29.8 Å². The second-order valence-electron chi connectivity index (χ2n) is 5.61. The van der Waals surface area contributed by atoms with E-state index in [9.17, 15) is 4.79 Å². The third kappa shape index (κ3) is 4.42. The van der Waals surface area contributed by atoms with Crippen molar-refractivity contribution in [3.63, 3.8) is 0 Å². The third-order valence-corrected chi connectivity index (χ3v) is 4.76. The fraction of sp³-hybridized carbons (Fsp3) is 0.211. The summed E-state index contributed by atoms with van der Waals surface area (Å²) in [5.41, 5.74) is 3.27. The van der Waals surface area contributed by atoms with Crippen LogP contribution in [0.4, 0.5) is 5.82 Å². The number of anilines is 1. The molecule has 0 aliphatic heterocycles. The highest BCUT2D eigenvalue weighted by Crippen LogP contribution is 2.28. The molecule has 0 fully saturated rings. The highest BCUT2D eigenvalue weighted by atomic mass is 32.1. The number of methoxy groups -OCH3 is 1. The lowest BCUT2D eigenvalue weighted by Gasteiger charge is -2.09. The summed E-state index contributed by atoms with van der Waals surface area (Å²) in [5, 5.41) is 3.32. The molecule has 2 aromatic heterocycles. The predicted molar refractivity (Wildman–Crippen MR) is 101 cm³/mol. The maximum Gasteiger partial charge on any atom is 0.318 e. The quantitative estimate of drug-likeness (QED) is 0.651. The van der Waals surface area contributed by atoms with Crippen LogP contribution >= 0.6 is 11.3 Å². The lowest BCUT2D eigenvalue weighted by Crippen LogP contribution is -2.07. The molecule has 6 heteroatoms. The van der Waals surface area contributed by atoms with Gasteiger partial charge in [0.05, 0.1) is 22.6 Å². The predicted octanol–water partition coefficient (Wildman–Crippen LogP) is 3.99. The summed E-state index contributed by atoms with van der Waals surface area (Å²) < 4.78 is 5.20. The molecule has 0 saturated heterocycles. The van der Waals surface area contributed by atoms with Gasteiger partial charge in [-0.15, -0.1) is 11.3 Å². The van der Waals surface area contributed by atoms with E-state index in [1.54, 1.807) is 13.2 Å². The van der Waals surface area contributed by atoms with Crippen molar-refractivity contribution in [2.24, 2.45) is 0 Å². The Hall–Kier alpha value is -2.73. The number of hydrogen-bond donors (Lipinski definition) is 1. The number of benzene rings is 1. The van der Waals surface area contributed by atoms with Gasteiger partial charge in [0.2, 0.25) is 0 Å². The van der Waals surface area contributed by atoms with Gasteiger partial charge < -0.3 is 10.1 Å². The van der Waals surface area contributed by atoms with E-state index in [0.29, 0.717) is 16.7 Å². The number of thiophene rings is 1. The number of nitrogens with zero attached hydrogens (tertiary/aromatic N) is 2. The van der Waals surface area contributed by atoms with Crippen molar-refractivity contribution in [1.29, 1.82) is 0 Å². The van der Waals surface area contributed by atoms with E-state index < -0.39 is 0 Å². The van der Waals surface area contributed by atoms with E-state index in [2.05, 4.69) is 46.5 Å². The first-order valence-corrected chi connectivity index (χ1v) is 8.77. The summed E-state index contributed by atoms with van der Waals surface area (Å²) in [4.78, 5) is 21.2. The second kappa shape index (κ2) is 7.90. The molecular formula is C19H19N3O2S. The first-order valence-electron chi connectivity index (χ1n) is 7.96. The standard InChI is InChI=1S/C19H19N3O2S/c1-13-3-5-14(6-4-13)9-10-20-18-11-16(21-19(22-18)24-2)17-8-7-15(12-23)25-17/h3-8,11-12H,9-10H2,1-2H3,(H,20,21,22). The normalized spacial score (nSPS) is 10.5. The van der Waals surface area contributed by atoms with Crippen LogP contribution in [0.25, 0.3) is 10.6 Å². The molecule has 0 spiro atoms. The highest BCUT2D eigenvalue weighted by molar-refractivity contribution is 7.17. The van der Waals surface area contributed by atoms with Crippen LogP contribution in [0.2, 0.25) is 0 Å². The Morgan fingerprint density at radius 1 is 1.16 bits per heavy atom. The maximum atomic E-state index is 10.9. The summed E-state index contributed by atoms with van der Waals surface area (Å²) >= 11 is 1.39. The van der Waals surface area contributed by atoms with Gasteiger partial charge in [0.1, 0.15) is 5.82 Å². The molecular weight excluding hydrogens is 334 g/mol. The zero-order chi connectivity index (χ0) is 17.6. The molecule has 128 valence electrons. The van der Waals surface area contributed by atoms with Crippen LogP contribution < -0.4 is 10.1 Å². The van der Waals surface area contributed by atoms with Crippen molar-refractivity contribution in [2.75, 3.05) is 19.0 Å². The van der Waals surface area contributed by atoms with Crippen molar-refractivity contribution in [3.05, 3.63) is 58.5 Å². The maximum absolute atomic E-state index is 10.9. The van der Waals surface area contributed by atoms with Crippen LogP contribution in [-0.4, -0.2) is 29.9 Å². The highest BCUT2D eigenvalue weighted by Gasteiger charge is 2.09. The Morgan fingerprint density at radius 2 is 1.96 bits per heavy atom. The monoisotopic (exact) mass is 353 g/mol. The van der Waals surface area contributed by atoms with E-state index in [4.69, 9.17) is 4.74 Å². The van der Waals surface area contributed by atoms with E-state index in [1.807, 2.05) is 12.1 Å². The average molecular weight is 353 g/mol. The first-order chi connectivity index (χ1) is 12.2. The Bertz CT molecular complexity index is 859. The number of carbonyl (C=O) groups excluding carboxylic acids is 1. The third-order valence-electron chi connectivity index (χ3n) is 3.72. The number of aromatic nitrogens is 2. The molecule has 0 amide bonds. The van der Waals surface area contributed by atoms with Crippen LogP contribution in [0.15, 0.2) is 42.5 Å². The topological polar surface area (TPSA) is 64.1 Å². The molecule has 2 heterocycles. The zero-order valence-electron chi connectivity index (χ0n) is 14.2. The van der Waals surface area contributed by atoms with Gasteiger partial charge in [0.15, 0.2) is 6.29 Å². The molecule has 0 radical (unpaired) electrons. The van der Waals surface area contributed by atoms with Gasteiger partial charge in [-0.25, -0.2) is 0 Å².